The number of ether oxygens (including phenoxy) is 1. The molecule has 0 spiro atoms. The van der Waals surface area contributed by atoms with Crippen LogP contribution in [-0.4, -0.2) is 50.9 Å². The molecule has 1 aliphatic heterocycles. The second-order valence-corrected chi connectivity index (χ2v) is 10.4. The number of amides is 3. The lowest BCUT2D eigenvalue weighted by Crippen LogP contribution is -2.45. The van der Waals surface area contributed by atoms with Crippen molar-refractivity contribution in [3.63, 3.8) is 0 Å². The second-order valence-electron chi connectivity index (χ2n) is 8.25. The summed E-state index contributed by atoms with van der Waals surface area (Å²) < 4.78 is 5.09. The first-order valence-electron chi connectivity index (χ1n) is 9.89. The molecule has 3 aliphatic rings. The van der Waals surface area contributed by atoms with E-state index in [4.69, 9.17) is 4.74 Å². The summed E-state index contributed by atoms with van der Waals surface area (Å²) in [6.45, 7) is 2.92. The van der Waals surface area contributed by atoms with Gasteiger partial charge < -0.3 is 10.1 Å². The van der Waals surface area contributed by atoms with Gasteiger partial charge in [-0.2, -0.15) is 0 Å². The number of rotatable bonds is 5. The molecule has 9 heteroatoms. The summed E-state index contributed by atoms with van der Waals surface area (Å²) in [4.78, 5) is 51.8. The topological polar surface area (TPSA) is 92.8 Å². The molecule has 2 saturated carbocycles. The number of hydrogen-bond donors (Lipinski definition) is 1. The number of fused-ring (bicyclic) bond motifs is 5. The number of carbonyl (C=O) groups excluding carboxylic acids is 4. The molecule has 4 rings (SSSR count). The fourth-order valence-electron chi connectivity index (χ4n) is 4.95. The van der Waals surface area contributed by atoms with Crippen molar-refractivity contribution in [1.82, 2.24) is 4.90 Å². The lowest BCUT2D eigenvalue weighted by molar-refractivity contribution is -0.159. The Kier molecular flexibility index (Phi) is 5.78. The maximum absolute atomic E-state index is 13.0. The van der Waals surface area contributed by atoms with Crippen LogP contribution >= 0.6 is 31.9 Å². The first kappa shape index (κ1) is 21.5. The SMILES string of the molecule is Cc1ccc(NC(=O)COC(=O)[C@H](C)N2C(=O)[C@@H]3[C@H]4C[C@@H]([C@@H](Br)[C@H]4Br)[C@H]3C2=O)cc1. The Balaban J connectivity index is 1.36. The number of nitrogens with one attached hydrogen (secondary N) is 1. The van der Waals surface area contributed by atoms with E-state index >= 15 is 0 Å². The smallest absolute Gasteiger partial charge is 0.329 e. The third-order valence-corrected chi connectivity index (χ3v) is 9.64. The predicted molar refractivity (Wildman–Crippen MR) is 116 cm³/mol. The Labute approximate surface area is 191 Å². The molecular formula is C21H22Br2N2O5. The first-order chi connectivity index (χ1) is 14.2. The Morgan fingerprint density at radius 1 is 1.10 bits per heavy atom. The number of imide groups is 1. The number of likely N-dealkylation sites (tertiary alicyclic amines) is 1. The van der Waals surface area contributed by atoms with E-state index in [0.717, 1.165) is 16.9 Å². The molecule has 0 unspecified atom stereocenters. The third kappa shape index (κ3) is 3.49. The van der Waals surface area contributed by atoms with Crippen molar-refractivity contribution >= 4 is 61.2 Å². The summed E-state index contributed by atoms with van der Waals surface area (Å²) in [5.74, 6) is -2.50. The number of carbonyl (C=O) groups is 4. The van der Waals surface area contributed by atoms with E-state index in [2.05, 4.69) is 37.2 Å². The Bertz CT molecular complexity index is 873. The average molecular weight is 542 g/mol. The van der Waals surface area contributed by atoms with Crippen LogP contribution in [-0.2, 0) is 23.9 Å². The van der Waals surface area contributed by atoms with Gasteiger partial charge in [0.15, 0.2) is 6.61 Å². The minimum Gasteiger partial charge on any atom is -0.454 e. The van der Waals surface area contributed by atoms with E-state index in [1.54, 1.807) is 12.1 Å². The largest absolute Gasteiger partial charge is 0.454 e. The van der Waals surface area contributed by atoms with E-state index in [9.17, 15) is 19.2 Å². The maximum atomic E-state index is 13.0. The fraction of sp³-hybridized carbons (Fsp3) is 0.524. The zero-order valence-electron chi connectivity index (χ0n) is 16.5. The van der Waals surface area contributed by atoms with Gasteiger partial charge in [0, 0.05) is 15.3 Å². The normalized spacial score (nSPS) is 32.9. The van der Waals surface area contributed by atoms with Gasteiger partial charge in [-0.3, -0.25) is 19.3 Å². The summed E-state index contributed by atoms with van der Waals surface area (Å²) in [5, 5.41) is 2.64. The number of benzene rings is 1. The van der Waals surface area contributed by atoms with E-state index in [-0.39, 0.29) is 45.1 Å². The van der Waals surface area contributed by atoms with Crippen LogP contribution in [0.15, 0.2) is 24.3 Å². The van der Waals surface area contributed by atoms with Gasteiger partial charge in [-0.1, -0.05) is 49.6 Å². The van der Waals surface area contributed by atoms with E-state index in [1.807, 2.05) is 19.1 Å². The van der Waals surface area contributed by atoms with Crippen molar-refractivity contribution in [3.8, 4) is 0 Å². The molecule has 0 radical (unpaired) electrons. The Morgan fingerprint density at radius 3 is 2.17 bits per heavy atom. The van der Waals surface area contributed by atoms with Crippen LogP contribution in [0, 0.1) is 30.6 Å². The molecular weight excluding hydrogens is 520 g/mol. The monoisotopic (exact) mass is 540 g/mol. The molecule has 1 saturated heterocycles. The van der Waals surface area contributed by atoms with Gasteiger partial charge in [0.2, 0.25) is 11.8 Å². The van der Waals surface area contributed by atoms with Crippen LogP contribution < -0.4 is 5.32 Å². The molecule has 7 nitrogen and oxygen atoms in total. The van der Waals surface area contributed by atoms with Crippen molar-refractivity contribution in [2.75, 3.05) is 11.9 Å². The van der Waals surface area contributed by atoms with Gasteiger partial charge in [0.05, 0.1) is 11.8 Å². The van der Waals surface area contributed by atoms with Gasteiger partial charge in [-0.15, -0.1) is 0 Å². The molecule has 3 fully saturated rings. The van der Waals surface area contributed by atoms with E-state index in [0.29, 0.717) is 5.69 Å². The summed E-state index contributed by atoms with van der Waals surface area (Å²) >= 11 is 7.27. The fourth-order valence-corrected chi connectivity index (χ4v) is 6.82. The van der Waals surface area contributed by atoms with Gasteiger partial charge in [0.1, 0.15) is 6.04 Å². The molecule has 1 N–H and O–H groups in total. The van der Waals surface area contributed by atoms with Crippen LogP contribution in [0.25, 0.3) is 0 Å². The molecule has 7 atom stereocenters. The highest BCUT2D eigenvalue weighted by Crippen LogP contribution is 2.60. The van der Waals surface area contributed by atoms with Crippen molar-refractivity contribution in [3.05, 3.63) is 29.8 Å². The number of esters is 1. The van der Waals surface area contributed by atoms with Gasteiger partial charge >= 0.3 is 5.97 Å². The zero-order valence-corrected chi connectivity index (χ0v) is 19.7. The Morgan fingerprint density at radius 2 is 1.63 bits per heavy atom. The van der Waals surface area contributed by atoms with Crippen LogP contribution in [0.5, 0.6) is 0 Å². The number of halogens is 2. The predicted octanol–water partition coefficient (Wildman–Crippen LogP) is 2.64. The molecule has 1 heterocycles. The van der Waals surface area contributed by atoms with E-state index < -0.39 is 24.5 Å². The number of aryl methyl sites for hydroxylation is 1. The third-order valence-electron chi connectivity index (χ3n) is 6.43. The number of anilines is 1. The highest BCUT2D eigenvalue weighted by molar-refractivity contribution is 9.12. The first-order valence-corrected chi connectivity index (χ1v) is 11.7. The van der Waals surface area contributed by atoms with Crippen molar-refractivity contribution < 1.29 is 23.9 Å². The number of nitrogens with zero attached hydrogens (tertiary/aromatic N) is 1. The summed E-state index contributed by atoms with van der Waals surface area (Å²) in [5.41, 5.74) is 1.65. The second kappa shape index (κ2) is 8.07. The van der Waals surface area contributed by atoms with Crippen LogP contribution in [0.2, 0.25) is 0 Å². The molecule has 1 aromatic carbocycles. The minimum absolute atomic E-state index is 0.0781. The minimum atomic E-state index is -1.07. The maximum Gasteiger partial charge on any atom is 0.329 e. The van der Waals surface area contributed by atoms with Crippen LogP contribution in [0.4, 0.5) is 5.69 Å². The van der Waals surface area contributed by atoms with Crippen molar-refractivity contribution in [2.24, 2.45) is 23.7 Å². The highest BCUT2D eigenvalue weighted by atomic mass is 79.9. The highest BCUT2D eigenvalue weighted by Gasteiger charge is 2.67. The van der Waals surface area contributed by atoms with Gasteiger partial charge in [-0.25, -0.2) is 4.79 Å². The summed E-state index contributed by atoms with van der Waals surface area (Å²) in [7, 11) is 0. The molecule has 2 bridgehead atoms. The van der Waals surface area contributed by atoms with Crippen molar-refractivity contribution in [1.29, 1.82) is 0 Å². The average Bonchev–Trinajstić information content (AvgIpc) is 3.32. The number of alkyl halides is 2. The molecule has 3 amide bonds. The standard InChI is InChI=1S/C21H22Br2N2O5/c1-9-3-5-11(6-4-9)24-14(26)8-30-21(29)10(2)25-19(27)15-12-7-13(16(15)20(25)28)18(23)17(12)22/h3-6,10,12-13,15-18H,7-8H2,1-2H3,(H,24,26)/t10-,12+,13+,15+,16+,17-,18+/m0/s1. The summed E-state index contributed by atoms with van der Waals surface area (Å²) in [6, 6.07) is 6.14. The quantitative estimate of drug-likeness (QED) is 0.351. The molecule has 2 aliphatic carbocycles. The lowest BCUT2D eigenvalue weighted by atomic mass is 9.81. The molecule has 0 aromatic heterocycles. The number of hydrogen-bond acceptors (Lipinski definition) is 5. The molecule has 160 valence electrons. The van der Waals surface area contributed by atoms with Crippen LogP contribution in [0.3, 0.4) is 0 Å². The van der Waals surface area contributed by atoms with E-state index in [1.165, 1.54) is 6.92 Å². The van der Waals surface area contributed by atoms with Gasteiger partial charge in [-0.05, 0) is 44.2 Å². The Hall–Kier alpha value is -1.74. The van der Waals surface area contributed by atoms with Crippen LogP contribution in [0.1, 0.15) is 18.9 Å². The summed E-state index contributed by atoms with van der Waals surface area (Å²) in [6.07, 6.45) is 0.824. The lowest BCUT2D eigenvalue weighted by Gasteiger charge is -2.28. The van der Waals surface area contributed by atoms with Gasteiger partial charge in [0.25, 0.3) is 5.91 Å². The molecule has 1 aromatic rings. The molecule has 30 heavy (non-hydrogen) atoms. The van der Waals surface area contributed by atoms with Crippen molar-refractivity contribution in [2.45, 2.75) is 36.0 Å². The zero-order chi connectivity index (χ0) is 21.7.